The lowest BCUT2D eigenvalue weighted by atomic mass is 10.2. The van der Waals surface area contributed by atoms with Crippen LogP contribution in [0, 0.1) is 13.8 Å². The lowest BCUT2D eigenvalue weighted by molar-refractivity contribution is 0.102. The number of nitrogens with zero attached hydrogens (tertiary/aromatic N) is 3. The van der Waals surface area contributed by atoms with E-state index in [2.05, 4.69) is 15.5 Å². The van der Waals surface area contributed by atoms with Gasteiger partial charge in [0.25, 0.3) is 5.91 Å². The lowest BCUT2D eigenvalue weighted by Gasteiger charge is -2.09. The number of nitrogens with one attached hydrogen (secondary N) is 1. The molecule has 1 aromatic carbocycles. The predicted molar refractivity (Wildman–Crippen MR) is 81.9 cm³/mol. The van der Waals surface area contributed by atoms with Crippen molar-refractivity contribution < 1.29 is 4.79 Å². The minimum Gasteiger partial charge on any atom is -0.322 e. The molecule has 3 rings (SSSR count). The van der Waals surface area contributed by atoms with E-state index in [4.69, 9.17) is 11.6 Å². The highest BCUT2D eigenvalue weighted by molar-refractivity contribution is 6.31. The molecule has 0 aliphatic carbocycles. The number of rotatable bonds is 2. The molecule has 5 nitrogen and oxygen atoms in total. The molecular weight excluding hydrogens is 288 g/mol. The quantitative estimate of drug-likeness (QED) is 0.790. The Kier molecular flexibility index (Phi) is 3.35. The summed E-state index contributed by atoms with van der Waals surface area (Å²) in [4.78, 5) is 12.3. The van der Waals surface area contributed by atoms with Crippen molar-refractivity contribution in [3.8, 4) is 0 Å². The van der Waals surface area contributed by atoms with Crippen LogP contribution in [0.2, 0.25) is 5.02 Å². The molecule has 0 radical (unpaired) electrons. The summed E-state index contributed by atoms with van der Waals surface area (Å²) in [5.41, 5.74) is 2.70. The van der Waals surface area contributed by atoms with E-state index in [9.17, 15) is 4.79 Å². The molecule has 6 heteroatoms. The molecule has 1 amide bonds. The summed E-state index contributed by atoms with van der Waals surface area (Å²) in [6, 6.07) is 8.85. The second-order valence-corrected chi connectivity index (χ2v) is 5.16. The molecule has 1 N–H and O–H groups in total. The van der Waals surface area contributed by atoms with E-state index in [0.29, 0.717) is 21.9 Å². The fourth-order valence-electron chi connectivity index (χ4n) is 2.09. The van der Waals surface area contributed by atoms with Gasteiger partial charge in [-0.05, 0) is 43.7 Å². The Bertz CT molecular complexity index is 841. The summed E-state index contributed by atoms with van der Waals surface area (Å²) >= 11 is 6.05. The first kappa shape index (κ1) is 13.6. The zero-order valence-corrected chi connectivity index (χ0v) is 12.3. The number of amides is 1. The first-order chi connectivity index (χ1) is 10.1. The van der Waals surface area contributed by atoms with Crippen LogP contribution in [0.25, 0.3) is 5.65 Å². The van der Waals surface area contributed by atoms with Crippen LogP contribution in [0.5, 0.6) is 0 Å². The third-order valence-electron chi connectivity index (χ3n) is 3.36. The van der Waals surface area contributed by atoms with Crippen LogP contribution in [0.3, 0.4) is 0 Å². The smallest absolute Gasteiger partial charge is 0.255 e. The van der Waals surface area contributed by atoms with Gasteiger partial charge in [-0.2, -0.15) is 0 Å². The minimum absolute atomic E-state index is 0.205. The average Bonchev–Trinajstić information content (AvgIpc) is 2.85. The summed E-state index contributed by atoms with van der Waals surface area (Å²) < 4.78 is 1.82. The van der Waals surface area contributed by atoms with Crippen LogP contribution in [-0.2, 0) is 0 Å². The molecule has 0 unspecified atom stereocenters. The molecule has 0 saturated heterocycles. The Hall–Kier alpha value is -2.40. The molecule has 0 fully saturated rings. The molecule has 2 aromatic heterocycles. The summed E-state index contributed by atoms with van der Waals surface area (Å²) in [5.74, 6) is 0.575. The SMILES string of the molecule is Cc1c(Cl)cccc1NC(=O)c1ccn2c(C)nnc2c1. The van der Waals surface area contributed by atoms with Gasteiger partial charge < -0.3 is 5.32 Å². The van der Waals surface area contributed by atoms with Crippen LogP contribution in [0.1, 0.15) is 21.7 Å². The number of carbonyl (C=O) groups is 1. The number of aromatic nitrogens is 3. The topological polar surface area (TPSA) is 59.3 Å². The number of halogens is 1. The maximum atomic E-state index is 12.3. The van der Waals surface area contributed by atoms with Gasteiger partial charge >= 0.3 is 0 Å². The molecule has 106 valence electrons. The molecule has 2 heterocycles. The van der Waals surface area contributed by atoms with Crippen molar-refractivity contribution in [3.63, 3.8) is 0 Å². The number of benzene rings is 1. The van der Waals surface area contributed by atoms with Gasteiger partial charge in [-0.15, -0.1) is 10.2 Å². The Balaban J connectivity index is 1.91. The molecule has 0 aliphatic rings. The number of pyridine rings is 1. The fraction of sp³-hybridized carbons (Fsp3) is 0.133. The van der Waals surface area contributed by atoms with E-state index in [1.807, 2.05) is 24.3 Å². The number of hydrogen-bond acceptors (Lipinski definition) is 3. The zero-order chi connectivity index (χ0) is 15.0. The van der Waals surface area contributed by atoms with Crippen molar-refractivity contribution in [2.75, 3.05) is 5.32 Å². The van der Waals surface area contributed by atoms with Gasteiger partial charge in [-0.1, -0.05) is 17.7 Å². The zero-order valence-electron chi connectivity index (χ0n) is 11.6. The molecule has 0 aliphatic heterocycles. The summed E-state index contributed by atoms with van der Waals surface area (Å²) in [5, 5.41) is 11.5. The van der Waals surface area contributed by atoms with Gasteiger partial charge in [0.05, 0.1) is 0 Å². The van der Waals surface area contributed by atoms with Crippen LogP contribution < -0.4 is 5.32 Å². The lowest BCUT2D eigenvalue weighted by Crippen LogP contribution is -2.13. The van der Waals surface area contributed by atoms with E-state index >= 15 is 0 Å². The van der Waals surface area contributed by atoms with Crippen LogP contribution >= 0.6 is 11.6 Å². The number of anilines is 1. The molecule has 0 atom stereocenters. The van der Waals surface area contributed by atoms with Gasteiger partial charge in [-0.3, -0.25) is 9.20 Å². The van der Waals surface area contributed by atoms with E-state index in [0.717, 1.165) is 11.4 Å². The molecule has 3 aromatic rings. The molecular formula is C15H13ClN4O. The maximum absolute atomic E-state index is 12.3. The summed E-state index contributed by atoms with van der Waals surface area (Å²) in [7, 11) is 0. The van der Waals surface area contributed by atoms with Crippen molar-refractivity contribution in [2.24, 2.45) is 0 Å². The highest BCUT2D eigenvalue weighted by atomic mass is 35.5. The van der Waals surface area contributed by atoms with E-state index in [-0.39, 0.29) is 5.91 Å². The standard InChI is InChI=1S/C15H13ClN4O/c1-9-12(16)4-3-5-13(9)17-15(21)11-6-7-20-10(2)18-19-14(20)8-11/h3-8H,1-2H3,(H,17,21). The molecule has 0 saturated carbocycles. The van der Waals surface area contributed by atoms with Crippen molar-refractivity contribution >= 4 is 28.8 Å². The number of carbonyl (C=O) groups excluding carboxylic acids is 1. The minimum atomic E-state index is -0.205. The van der Waals surface area contributed by atoms with Crippen molar-refractivity contribution in [1.29, 1.82) is 0 Å². The first-order valence-electron chi connectivity index (χ1n) is 6.44. The highest BCUT2D eigenvalue weighted by Crippen LogP contribution is 2.23. The van der Waals surface area contributed by atoms with Crippen molar-refractivity contribution in [2.45, 2.75) is 13.8 Å². The molecule has 0 spiro atoms. The normalized spacial score (nSPS) is 10.8. The monoisotopic (exact) mass is 300 g/mol. The van der Waals surface area contributed by atoms with Crippen molar-refractivity contribution in [3.05, 3.63) is 58.5 Å². The Morgan fingerprint density at radius 2 is 2.05 bits per heavy atom. The van der Waals surface area contributed by atoms with Crippen molar-refractivity contribution in [1.82, 2.24) is 14.6 Å². The fourth-order valence-corrected chi connectivity index (χ4v) is 2.26. The van der Waals surface area contributed by atoms with E-state index < -0.39 is 0 Å². The second-order valence-electron chi connectivity index (χ2n) is 4.76. The first-order valence-corrected chi connectivity index (χ1v) is 6.82. The van der Waals surface area contributed by atoms with Gasteiger partial charge in [-0.25, -0.2) is 0 Å². The largest absolute Gasteiger partial charge is 0.322 e. The average molecular weight is 301 g/mol. The number of hydrogen-bond donors (Lipinski definition) is 1. The van der Waals surface area contributed by atoms with Crippen LogP contribution in [0.15, 0.2) is 36.5 Å². The maximum Gasteiger partial charge on any atom is 0.255 e. The number of fused-ring (bicyclic) bond motifs is 1. The summed E-state index contributed by atoms with van der Waals surface area (Å²) in [6.45, 7) is 3.72. The van der Waals surface area contributed by atoms with Crippen LogP contribution in [-0.4, -0.2) is 20.5 Å². The van der Waals surface area contributed by atoms with Gasteiger partial charge in [0.15, 0.2) is 5.65 Å². The Morgan fingerprint density at radius 3 is 2.86 bits per heavy atom. The van der Waals surface area contributed by atoms with Gasteiger partial charge in [0.1, 0.15) is 5.82 Å². The second kappa shape index (κ2) is 5.18. The summed E-state index contributed by atoms with van der Waals surface area (Å²) in [6.07, 6.45) is 1.78. The Morgan fingerprint density at radius 1 is 1.24 bits per heavy atom. The third-order valence-corrected chi connectivity index (χ3v) is 3.77. The van der Waals surface area contributed by atoms with Crippen LogP contribution in [0.4, 0.5) is 5.69 Å². The number of aryl methyl sites for hydroxylation is 1. The predicted octanol–water partition coefficient (Wildman–Crippen LogP) is 3.25. The molecule has 0 bridgehead atoms. The van der Waals surface area contributed by atoms with Gasteiger partial charge in [0, 0.05) is 22.5 Å². The third kappa shape index (κ3) is 2.48. The molecule has 21 heavy (non-hydrogen) atoms. The highest BCUT2D eigenvalue weighted by Gasteiger charge is 2.11. The van der Waals surface area contributed by atoms with E-state index in [1.54, 1.807) is 30.5 Å². The van der Waals surface area contributed by atoms with E-state index in [1.165, 1.54) is 0 Å². The Labute approximate surface area is 126 Å². The van der Waals surface area contributed by atoms with Gasteiger partial charge in [0.2, 0.25) is 0 Å².